The molecule has 3 aliphatic rings. The Morgan fingerprint density at radius 2 is 2.04 bits per heavy atom. The van der Waals surface area contributed by atoms with E-state index in [1.165, 1.54) is 35.5 Å². The van der Waals surface area contributed by atoms with Crippen LogP contribution in [0.1, 0.15) is 11.1 Å². The Balaban J connectivity index is 1.38. The molecule has 0 N–H and O–H groups in total. The zero-order valence-corrected chi connectivity index (χ0v) is 13.4. The first-order valence-electron chi connectivity index (χ1n) is 8.49. The van der Waals surface area contributed by atoms with Crippen LogP contribution in [0, 0.1) is 5.92 Å². The zero-order chi connectivity index (χ0) is 15.4. The zero-order valence-electron chi connectivity index (χ0n) is 13.4. The molecule has 2 unspecified atom stereocenters. The molecule has 2 saturated heterocycles. The summed E-state index contributed by atoms with van der Waals surface area (Å²) in [6.07, 6.45) is 7.55. The van der Waals surface area contributed by atoms with Gasteiger partial charge in [-0.2, -0.15) is 0 Å². The van der Waals surface area contributed by atoms with Crippen molar-refractivity contribution < 1.29 is 0 Å². The molecule has 0 spiro atoms. The molecule has 0 amide bonds. The third-order valence-electron chi connectivity index (χ3n) is 5.68. The number of hydrogen-bond acceptors (Lipinski definition) is 3. The van der Waals surface area contributed by atoms with E-state index in [0.29, 0.717) is 0 Å². The molecule has 0 bridgehead atoms. The van der Waals surface area contributed by atoms with Gasteiger partial charge in [-0.25, -0.2) is 0 Å². The first-order valence-corrected chi connectivity index (χ1v) is 8.49. The minimum absolute atomic E-state index is 0.748. The van der Waals surface area contributed by atoms with Crippen LogP contribution in [-0.2, 0) is 6.42 Å². The van der Waals surface area contributed by atoms with E-state index < -0.39 is 0 Å². The molecule has 3 nitrogen and oxygen atoms in total. The minimum atomic E-state index is 0.748. The maximum Gasteiger partial charge on any atom is 0.0703 e. The van der Waals surface area contributed by atoms with E-state index in [1.807, 2.05) is 6.20 Å². The van der Waals surface area contributed by atoms with Gasteiger partial charge >= 0.3 is 0 Å². The summed E-state index contributed by atoms with van der Waals surface area (Å²) in [5.74, 6) is 0.850. The van der Waals surface area contributed by atoms with Crippen LogP contribution in [0.3, 0.4) is 0 Å². The Kier molecular flexibility index (Phi) is 2.86. The maximum atomic E-state index is 4.73. The van der Waals surface area contributed by atoms with E-state index in [4.69, 9.17) is 4.98 Å². The first-order chi connectivity index (χ1) is 11.3. The van der Waals surface area contributed by atoms with Gasteiger partial charge in [0.25, 0.3) is 0 Å². The number of anilines is 1. The monoisotopic (exact) mass is 303 g/mol. The van der Waals surface area contributed by atoms with Crippen LogP contribution in [0.5, 0.6) is 0 Å². The second-order valence-electron chi connectivity index (χ2n) is 7.09. The number of rotatable bonds is 2. The number of nitrogens with zero attached hydrogens (tertiary/aromatic N) is 3. The van der Waals surface area contributed by atoms with Gasteiger partial charge in [0.2, 0.25) is 0 Å². The quantitative estimate of drug-likeness (QED) is 0.850. The van der Waals surface area contributed by atoms with Crippen LogP contribution in [0.4, 0.5) is 5.69 Å². The fraction of sp³-hybridized carbons (Fsp3) is 0.350. The van der Waals surface area contributed by atoms with Crippen LogP contribution in [0.2, 0.25) is 0 Å². The van der Waals surface area contributed by atoms with Crippen LogP contribution >= 0.6 is 0 Å². The van der Waals surface area contributed by atoms with Gasteiger partial charge in [0.05, 0.1) is 17.6 Å². The predicted molar refractivity (Wildman–Crippen MR) is 94.5 cm³/mol. The third-order valence-corrected chi connectivity index (χ3v) is 5.68. The fourth-order valence-electron chi connectivity index (χ4n) is 4.26. The van der Waals surface area contributed by atoms with E-state index in [2.05, 4.69) is 59.3 Å². The molecule has 1 aromatic carbocycles. The number of likely N-dealkylation sites (N-methyl/N-ethyl adjacent to an activating group) is 1. The largest absolute Gasteiger partial charge is 0.368 e. The predicted octanol–water partition coefficient (Wildman–Crippen LogP) is 3.07. The highest BCUT2D eigenvalue weighted by Crippen LogP contribution is 2.34. The first kappa shape index (κ1) is 13.3. The van der Waals surface area contributed by atoms with Gasteiger partial charge in [-0.3, -0.25) is 4.98 Å². The minimum Gasteiger partial charge on any atom is -0.368 e. The van der Waals surface area contributed by atoms with Gasteiger partial charge in [-0.15, -0.1) is 0 Å². The lowest BCUT2D eigenvalue weighted by molar-refractivity contribution is 0.0827. The summed E-state index contributed by atoms with van der Waals surface area (Å²) in [6.45, 7) is 3.57. The van der Waals surface area contributed by atoms with Crippen molar-refractivity contribution in [2.24, 2.45) is 5.92 Å². The summed E-state index contributed by atoms with van der Waals surface area (Å²) in [5, 5.41) is 0. The third kappa shape index (κ3) is 2.11. The Morgan fingerprint density at radius 1 is 1.09 bits per heavy atom. The van der Waals surface area contributed by atoms with Crippen LogP contribution in [0.15, 0.2) is 42.6 Å². The molecule has 0 saturated carbocycles. The Morgan fingerprint density at radius 3 is 2.83 bits per heavy atom. The van der Waals surface area contributed by atoms with Crippen molar-refractivity contribution in [1.29, 1.82) is 0 Å². The van der Waals surface area contributed by atoms with E-state index in [-0.39, 0.29) is 0 Å². The van der Waals surface area contributed by atoms with Gasteiger partial charge in [-0.1, -0.05) is 24.3 Å². The highest BCUT2D eigenvalue weighted by molar-refractivity contribution is 5.70. The number of hydrogen-bond donors (Lipinski definition) is 0. The summed E-state index contributed by atoms with van der Waals surface area (Å²) in [5.41, 5.74) is 6.30. The summed E-state index contributed by atoms with van der Waals surface area (Å²) in [4.78, 5) is 9.68. The number of pyridine rings is 1. The lowest BCUT2D eigenvalue weighted by Crippen LogP contribution is -2.52. The average Bonchev–Trinajstić information content (AvgIpc) is 3.18. The van der Waals surface area contributed by atoms with E-state index >= 15 is 0 Å². The van der Waals surface area contributed by atoms with Gasteiger partial charge in [-0.05, 0) is 42.8 Å². The van der Waals surface area contributed by atoms with Crippen LogP contribution < -0.4 is 4.90 Å². The molecule has 1 aromatic heterocycles. The molecule has 0 radical (unpaired) electrons. The molecule has 116 valence electrons. The fourth-order valence-corrected chi connectivity index (χ4v) is 4.26. The Hall–Kier alpha value is -2.13. The number of fused-ring (bicyclic) bond motifs is 2. The van der Waals surface area contributed by atoms with Crippen LogP contribution in [-0.4, -0.2) is 42.6 Å². The highest BCUT2D eigenvalue weighted by atomic mass is 15.3. The van der Waals surface area contributed by atoms with Crippen molar-refractivity contribution >= 4 is 11.8 Å². The average molecular weight is 303 g/mol. The molecular formula is C20H21N3. The van der Waals surface area contributed by atoms with Gasteiger partial charge in [0, 0.05) is 37.2 Å². The van der Waals surface area contributed by atoms with Crippen molar-refractivity contribution in [1.82, 2.24) is 9.88 Å². The lowest BCUT2D eigenvalue weighted by atomic mass is 9.93. The van der Waals surface area contributed by atoms with Crippen molar-refractivity contribution in [3.8, 4) is 11.3 Å². The SMILES string of the molecule is CN1CC2CN(c3ccc(-c4ccc5c(c4)C=CC5)nc3)CC21. The molecule has 2 fully saturated rings. The van der Waals surface area contributed by atoms with Crippen molar-refractivity contribution in [2.45, 2.75) is 12.5 Å². The van der Waals surface area contributed by atoms with E-state index in [0.717, 1.165) is 30.6 Å². The molecule has 5 rings (SSSR count). The molecule has 3 heteroatoms. The summed E-state index contributed by atoms with van der Waals surface area (Å²) in [7, 11) is 2.23. The molecule has 23 heavy (non-hydrogen) atoms. The standard InChI is InChI=1S/C20H21N3/c1-22-11-17-12-23(13-20(17)22)18-7-8-19(21-10-18)16-6-5-14-3-2-4-15(14)9-16/h2,4-10,17,20H,3,11-13H2,1H3. The molecule has 2 atom stereocenters. The topological polar surface area (TPSA) is 19.4 Å². The van der Waals surface area contributed by atoms with Gasteiger partial charge < -0.3 is 9.80 Å². The van der Waals surface area contributed by atoms with Crippen LogP contribution in [0.25, 0.3) is 17.3 Å². The molecule has 1 aliphatic carbocycles. The van der Waals surface area contributed by atoms with Gasteiger partial charge in [0.1, 0.15) is 0 Å². The number of likely N-dealkylation sites (tertiary alicyclic amines) is 1. The molecular weight excluding hydrogens is 282 g/mol. The molecule has 3 heterocycles. The van der Waals surface area contributed by atoms with Crippen molar-refractivity contribution in [2.75, 3.05) is 31.6 Å². The van der Waals surface area contributed by atoms with Crippen molar-refractivity contribution in [3.63, 3.8) is 0 Å². The second-order valence-corrected chi connectivity index (χ2v) is 7.09. The summed E-state index contributed by atoms with van der Waals surface area (Å²) < 4.78 is 0. The number of benzene rings is 1. The van der Waals surface area contributed by atoms with Gasteiger partial charge in [0.15, 0.2) is 0 Å². The molecule has 2 aromatic rings. The second kappa shape index (κ2) is 4.93. The number of aromatic nitrogens is 1. The van der Waals surface area contributed by atoms with E-state index in [9.17, 15) is 0 Å². The smallest absolute Gasteiger partial charge is 0.0703 e. The normalized spacial score (nSPS) is 25.3. The van der Waals surface area contributed by atoms with Crippen molar-refractivity contribution in [3.05, 3.63) is 53.7 Å². The Labute approximate surface area is 137 Å². The lowest BCUT2D eigenvalue weighted by Gasteiger charge is -2.40. The molecule has 2 aliphatic heterocycles. The number of allylic oxidation sites excluding steroid dienone is 1. The summed E-state index contributed by atoms with van der Waals surface area (Å²) in [6, 6.07) is 11.8. The highest BCUT2D eigenvalue weighted by Gasteiger charge is 2.43. The maximum absolute atomic E-state index is 4.73. The summed E-state index contributed by atoms with van der Waals surface area (Å²) >= 11 is 0. The Bertz CT molecular complexity index is 778. The van der Waals surface area contributed by atoms with E-state index in [1.54, 1.807) is 0 Å².